The largest absolute Gasteiger partial charge is 0.457 e. The van der Waals surface area contributed by atoms with E-state index in [0.717, 1.165) is 33.2 Å². The predicted molar refractivity (Wildman–Crippen MR) is 176 cm³/mol. The molecule has 1 unspecified atom stereocenters. The molecule has 2 heterocycles. The summed E-state index contributed by atoms with van der Waals surface area (Å²) in [4.78, 5) is 0. The Bertz CT molecular complexity index is 2020. The molecule has 6 aromatic rings. The first-order valence-corrected chi connectivity index (χ1v) is 15.5. The number of fused-ring (bicyclic) bond motifs is 9. The summed E-state index contributed by atoms with van der Waals surface area (Å²) in [5.41, 5.74) is 15.0. The molecule has 43 heavy (non-hydrogen) atoms. The van der Waals surface area contributed by atoms with Gasteiger partial charge in [-0.05, 0) is 57.1 Å². The molecule has 0 saturated heterocycles. The van der Waals surface area contributed by atoms with Crippen molar-refractivity contribution in [2.45, 2.75) is 10.8 Å². The van der Waals surface area contributed by atoms with Gasteiger partial charge < -0.3 is 4.74 Å². The minimum absolute atomic E-state index is 0.132. The zero-order chi connectivity index (χ0) is 28.4. The maximum atomic E-state index is 6.59. The Morgan fingerprint density at radius 3 is 1.86 bits per heavy atom. The monoisotopic (exact) mass is 570 g/mol. The Morgan fingerprint density at radius 1 is 0.535 bits per heavy atom. The van der Waals surface area contributed by atoms with Gasteiger partial charge in [-0.1, -0.05) is 139 Å². The lowest BCUT2D eigenvalue weighted by atomic mass is 9.66. The van der Waals surface area contributed by atoms with Crippen molar-refractivity contribution in [3.05, 3.63) is 179 Å². The van der Waals surface area contributed by atoms with E-state index >= 15 is 0 Å². The van der Waals surface area contributed by atoms with Crippen LogP contribution in [0.4, 0.5) is 0 Å². The van der Waals surface area contributed by atoms with Gasteiger partial charge in [0.25, 0.3) is 0 Å². The Labute approximate surface area is 254 Å². The van der Waals surface area contributed by atoms with Gasteiger partial charge in [0.2, 0.25) is 0 Å². The van der Waals surface area contributed by atoms with Gasteiger partial charge in [-0.15, -0.1) is 0 Å². The Balaban J connectivity index is 1.15. The molecule has 204 valence electrons. The molecule has 0 amide bonds. The number of nitrogens with zero attached hydrogens (tertiary/aromatic N) is 1. The van der Waals surface area contributed by atoms with Gasteiger partial charge in [-0.25, -0.2) is 0 Å². The van der Waals surface area contributed by atoms with Crippen molar-refractivity contribution in [3.8, 4) is 33.8 Å². The summed E-state index contributed by atoms with van der Waals surface area (Å²) in [5, 5.41) is 5.79. The number of ether oxygens (including phenoxy) is 1. The first-order chi connectivity index (χ1) is 21.3. The predicted octanol–water partition coefficient (Wildman–Crippen LogP) is 9.52. The SMILES string of the molecule is c1ccc(C2NN=C(c3ccc(-c4ccc5c(c4)C4(c6ccccc6O5)c5ccccc5-c5ccccc54)cc3)S2)cc1. The van der Waals surface area contributed by atoms with E-state index in [1.54, 1.807) is 11.8 Å². The van der Waals surface area contributed by atoms with Gasteiger partial charge in [0.15, 0.2) is 0 Å². The summed E-state index contributed by atoms with van der Waals surface area (Å²) in [6, 6.07) is 52.1. The van der Waals surface area contributed by atoms with E-state index in [1.807, 2.05) is 6.07 Å². The van der Waals surface area contributed by atoms with Crippen molar-refractivity contribution < 1.29 is 4.74 Å². The molecule has 0 aromatic heterocycles. The van der Waals surface area contributed by atoms with Gasteiger partial charge in [-0.2, -0.15) is 5.10 Å². The van der Waals surface area contributed by atoms with Crippen LogP contribution in [0.5, 0.6) is 11.5 Å². The minimum Gasteiger partial charge on any atom is -0.457 e. The lowest BCUT2D eigenvalue weighted by Gasteiger charge is -2.39. The Hall–Kier alpha value is -5.06. The zero-order valence-electron chi connectivity index (χ0n) is 23.2. The van der Waals surface area contributed by atoms with E-state index in [-0.39, 0.29) is 5.37 Å². The average Bonchev–Trinajstić information content (AvgIpc) is 3.69. The summed E-state index contributed by atoms with van der Waals surface area (Å²) in [6.07, 6.45) is 0. The van der Waals surface area contributed by atoms with Gasteiger partial charge in [0, 0.05) is 16.7 Å². The molecule has 0 bridgehead atoms. The van der Waals surface area contributed by atoms with E-state index in [1.165, 1.54) is 38.9 Å². The number of hydrogen-bond donors (Lipinski definition) is 1. The lowest BCUT2D eigenvalue weighted by Crippen LogP contribution is -2.32. The first kappa shape index (κ1) is 24.5. The van der Waals surface area contributed by atoms with Crippen LogP contribution in [0.2, 0.25) is 0 Å². The van der Waals surface area contributed by atoms with Crippen LogP contribution in [0.3, 0.4) is 0 Å². The molecule has 2 aliphatic heterocycles. The number of para-hydroxylation sites is 1. The zero-order valence-corrected chi connectivity index (χ0v) is 24.0. The molecule has 3 aliphatic rings. The molecular formula is C39H26N2OS. The second kappa shape index (κ2) is 9.48. The smallest absolute Gasteiger partial charge is 0.132 e. The Kier molecular flexibility index (Phi) is 5.41. The first-order valence-electron chi connectivity index (χ1n) is 14.6. The molecule has 1 aliphatic carbocycles. The summed E-state index contributed by atoms with van der Waals surface area (Å²) in [6.45, 7) is 0. The summed E-state index contributed by atoms with van der Waals surface area (Å²) in [5.74, 6) is 1.82. The average molecular weight is 571 g/mol. The molecule has 4 heteroatoms. The van der Waals surface area contributed by atoms with Crippen molar-refractivity contribution in [1.29, 1.82) is 0 Å². The van der Waals surface area contributed by atoms with Gasteiger partial charge >= 0.3 is 0 Å². The van der Waals surface area contributed by atoms with Crippen LogP contribution < -0.4 is 10.2 Å². The van der Waals surface area contributed by atoms with E-state index in [2.05, 4.69) is 150 Å². The van der Waals surface area contributed by atoms with E-state index in [0.29, 0.717) is 0 Å². The molecule has 3 nitrogen and oxygen atoms in total. The highest BCUT2D eigenvalue weighted by Gasteiger charge is 2.50. The number of thioether (sulfide) groups is 1. The Morgan fingerprint density at radius 2 is 1.12 bits per heavy atom. The van der Waals surface area contributed by atoms with Gasteiger partial charge in [0.05, 0.1) is 5.41 Å². The number of hydrazone groups is 1. The van der Waals surface area contributed by atoms with E-state index in [4.69, 9.17) is 4.74 Å². The van der Waals surface area contributed by atoms with Crippen LogP contribution in [-0.4, -0.2) is 5.04 Å². The van der Waals surface area contributed by atoms with E-state index in [9.17, 15) is 0 Å². The maximum absolute atomic E-state index is 6.59. The molecule has 1 atom stereocenters. The van der Waals surface area contributed by atoms with Crippen LogP contribution in [0.15, 0.2) is 151 Å². The molecule has 0 fully saturated rings. The van der Waals surface area contributed by atoms with Crippen LogP contribution >= 0.6 is 11.8 Å². The fourth-order valence-corrected chi connectivity index (χ4v) is 8.03. The summed E-state index contributed by atoms with van der Waals surface area (Å²) in [7, 11) is 0. The van der Waals surface area contributed by atoms with Crippen LogP contribution in [-0.2, 0) is 5.41 Å². The molecule has 1 N–H and O–H groups in total. The lowest BCUT2D eigenvalue weighted by molar-refractivity contribution is 0.436. The number of hydrogen-bond acceptors (Lipinski definition) is 4. The van der Waals surface area contributed by atoms with Gasteiger partial charge in [-0.3, -0.25) is 5.43 Å². The third-order valence-electron chi connectivity index (χ3n) is 8.93. The number of rotatable bonds is 3. The topological polar surface area (TPSA) is 33.6 Å². The van der Waals surface area contributed by atoms with Crippen LogP contribution in [0, 0.1) is 0 Å². The molecule has 6 aromatic carbocycles. The second-order valence-electron chi connectivity index (χ2n) is 11.2. The molecule has 0 radical (unpaired) electrons. The van der Waals surface area contributed by atoms with Crippen LogP contribution in [0.25, 0.3) is 22.3 Å². The number of benzene rings is 6. The minimum atomic E-state index is -0.458. The van der Waals surface area contributed by atoms with Crippen molar-refractivity contribution in [3.63, 3.8) is 0 Å². The quantitative estimate of drug-likeness (QED) is 0.230. The molecule has 0 saturated carbocycles. The van der Waals surface area contributed by atoms with E-state index < -0.39 is 5.41 Å². The normalized spacial score (nSPS) is 16.7. The van der Waals surface area contributed by atoms with Crippen molar-refractivity contribution in [1.82, 2.24) is 5.43 Å². The fraction of sp³-hybridized carbons (Fsp3) is 0.0513. The maximum Gasteiger partial charge on any atom is 0.132 e. The number of nitrogens with one attached hydrogen (secondary N) is 1. The molecular weight excluding hydrogens is 545 g/mol. The highest BCUT2D eigenvalue weighted by molar-refractivity contribution is 8.14. The summed E-state index contributed by atoms with van der Waals surface area (Å²) >= 11 is 1.75. The van der Waals surface area contributed by atoms with Crippen molar-refractivity contribution in [2.75, 3.05) is 0 Å². The summed E-state index contributed by atoms with van der Waals surface area (Å²) < 4.78 is 6.59. The highest BCUT2D eigenvalue weighted by atomic mass is 32.2. The second-order valence-corrected chi connectivity index (χ2v) is 12.3. The highest BCUT2D eigenvalue weighted by Crippen LogP contribution is 2.62. The standard InChI is InChI=1S/C39H26N2OS/c1-2-10-26(11-3-1)37-40-41-38(43-37)27-20-18-25(19-21-27)28-22-23-36-34(24-28)39(33-16-8-9-17-35(33)42-36)31-14-6-4-12-29(31)30-13-5-7-15-32(30)39/h1-24,37,40H. The van der Waals surface area contributed by atoms with Crippen molar-refractivity contribution in [2.24, 2.45) is 5.10 Å². The van der Waals surface area contributed by atoms with Crippen LogP contribution in [0.1, 0.15) is 38.8 Å². The fourth-order valence-electron chi connectivity index (χ4n) is 7.03. The van der Waals surface area contributed by atoms with Crippen molar-refractivity contribution >= 4 is 16.8 Å². The third-order valence-corrected chi connectivity index (χ3v) is 10.1. The molecule has 9 rings (SSSR count). The van der Waals surface area contributed by atoms with Gasteiger partial charge in [0.1, 0.15) is 21.9 Å². The third kappa shape index (κ3) is 3.60. The molecule has 1 spiro atoms.